The van der Waals surface area contributed by atoms with Crippen LogP contribution in [0, 0.1) is 0 Å². The first-order valence-corrected chi connectivity index (χ1v) is 4.59. The highest BCUT2D eigenvalue weighted by Crippen LogP contribution is 2.23. The molecule has 1 aromatic rings. The number of halogens is 1. The van der Waals surface area contributed by atoms with Crippen LogP contribution in [-0.2, 0) is 19.5 Å². The van der Waals surface area contributed by atoms with Gasteiger partial charge in [0.2, 0.25) is 0 Å². The number of nitrogens with zero attached hydrogens (tertiary/aromatic N) is 2. The molecule has 0 aromatic carbocycles. The minimum atomic E-state index is 0.763. The SMILES string of the molecule is CNCc1nc2n(c1Cl)CCC2. The second-order valence-electron chi connectivity index (χ2n) is 3.05. The van der Waals surface area contributed by atoms with Crippen LogP contribution in [0.25, 0.3) is 0 Å². The first kappa shape index (κ1) is 8.08. The Hall–Kier alpha value is -0.540. The average molecular weight is 186 g/mol. The van der Waals surface area contributed by atoms with Gasteiger partial charge in [-0.3, -0.25) is 0 Å². The smallest absolute Gasteiger partial charge is 0.133 e. The van der Waals surface area contributed by atoms with Gasteiger partial charge in [0.05, 0.1) is 5.69 Å². The normalized spacial score (nSPS) is 15.2. The zero-order valence-corrected chi connectivity index (χ0v) is 7.86. The van der Waals surface area contributed by atoms with Crippen LogP contribution in [0.15, 0.2) is 0 Å². The van der Waals surface area contributed by atoms with Crippen molar-refractivity contribution >= 4 is 11.6 Å². The standard InChI is InChI=1S/C8H12ClN3/c1-10-5-6-8(9)12-4-2-3-7(12)11-6/h10H,2-5H2,1H3. The molecule has 1 N–H and O–H groups in total. The zero-order chi connectivity index (χ0) is 8.55. The van der Waals surface area contributed by atoms with Crippen LogP contribution in [0.4, 0.5) is 0 Å². The van der Waals surface area contributed by atoms with E-state index >= 15 is 0 Å². The van der Waals surface area contributed by atoms with Crippen molar-refractivity contribution in [3.8, 4) is 0 Å². The topological polar surface area (TPSA) is 29.9 Å². The second-order valence-corrected chi connectivity index (χ2v) is 3.41. The lowest BCUT2D eigenvalue weighted by molar-refractivity contribution is 0.738. The van der Waals surface area contributed by atoms with Crippen molar-refractivity contribution in [1.29, 1.82) is 0 Å². The predicted octanol–water partition coefficient (Wildman–Crippen LogP) is 1.20. The molecule has 0 saturated carbocycles. The van der Waals surface area contributed by atoms with Crippen molar-refractivity contribution in [3.05, 3.63) is 16.7 Å². The van der Waals surface area contributed by atoms with Gasteiger partial charge >= 0.3 is 0 Å². The maximum Gasteiger partial charge on any atom is 0.133 e. The van der Waals surface area contributed by atoms with Crippen molar-refractivity contribution in [2.24, 2.45) is 0 Å². The molecule has 0 amide bonds. The van der Waals surface area contributed by atoms with Gasteiger partial charge in [0.1, 0.15) is 11.0 Å². The Balaban J connectivity index is 2.34. The van der Waals surface area contributed by atoms with Gasteiger partial charge in [0, 0.05) is 19.5 Å². The summed E-state index contributed by atoms with van der Waals surface area (Å²) in [6.45, 7) is 1.80. The third kappa shape index (κ3) is 1.13. The molecule has 0 saturated heterocycles. The molecule has 0 unspecified atom stereocenters. The maximum absolute atomic E-state index is 6.11. The number of hydrogen-bond acceptors (Lipinski definition) is 2. The molecule has 0 bridgehead atoms. The van der Waals surface area contributed by atoms with Crippen molar-refractivity contribution in [3.63, 3.8) is 0 Å². The first-order chi connectivity index (χ1) is 5.83. The summed E-state index contributed by atoms with van der Waals surface area (Å²) >= 11 is 6.11. The second kappa shape index (κ2) is 3.07. The van der Waals surface area contributed by atoms with E-state index in [0.29, 0.717) is 0 Å². The van der Waals surface area contributed by atoms with E-state index < -0.39 is 0 Å². The number of aromatic nitrogens is 2. The van der Waals surface area contributed by atoms with Gasteiger partial charge in [-0.15, -0.1) is 0 Å². The summed E-state index contributed by atoms with van der Waals surface area (Å²) in [7, 11) is 1.90. The molecule has 0 spiro atoms. The van der Waals surface area contributed by atoms with E-state index in [2.05, 4.69) is 14.9 Å². The van der Waals surface area contributed by atoms with Crippen LogP contribution in [0.3, 0.4) is 0 Å². The number of nitrogens with one attached hydrogen (secondary N) is 1. The maximum atomic E-state index is 6.11. The molecule has 1 aliphatic rings. The molecule has 2 rings (SSSR count). The first-order valence-electron chi connectivity index (χ1n) is 4.21. The number of hydrogen-bond donors (Lipinski definition) is 1. The molecule has 2 heterocycles. The van der Waals surface area contributed by atoms with Gasteiger partial charge in [-0.25, -0.2) is 4.98 Å². The molecular weight excluding hydrogens is 174 g/mol. The number of fused-ring (bicyclic) bond motifs is 1. The molecule has 1 aliphatic heterocycles. The van der Waals surface area contributed by atoms with Crippen molar-refractivity contribution in [1.82, 2.24) is 14.9 Å². The van der Waals surface area contributed by atoms with Crippen LogP contribution >= 0.6 is 11.6 Å². The summed E-state index contributed by atoms with van der Waals surface area (Å²) in [5, 5.41) is 3.87. The zero-order valence-electron chi connectivity index (χ0n) is 7.10. The van der Waals surface area contributed by atoms with E-state index in [9.17, 15) is 0 Å². The fourth-order valence-electron chi connectivity index (χ4n) is 1.62. The van der Waals surface area contributed by atoms with E-state index in [1.165, 1.54) is 6.42 Å². The molecule has 3 nitrogen and oxygen atoms in total. The summed E-state index contributed by atoms with van der Waals surface area (Å²) in [5.41, 5.74) is 0.980. The monoisotopic (exact) mass is 185 g/mol. The quantitative estimate of drug-likeness (QED) is 0.751. The van der Waals surface area contributed by atoms with Gasteiger partial charge in [-0.2, -0.15) is 0 Å². The fraction of sp³-hybridized carbons (Fsp3) is 0.625. The minimum Gasteiger partial charge on any atom is -0.319 e. The Morgan fingerprint density at radius 2 is 2.50 bits per heavy atom. The molecule has 66 valence electrons. The Morgan fingerprint density at radius 3 is 3.17 bits per heavy atom. The Morgan fingerprint density at radius 1 is 1.67 bits per heavy atom. The molecule has 12 heavy (non-hydrogen) atoms. The van der Waals surface area contributed by atoms with Gasteiger partial charge in [-0.05, 0) is 13.5 Å². The predicted molar refractivity (Wildman–Crippen MR) is 48.3 cm³/mol. The van der Waals surface area contributed by atoms with Crippen molar-refractivity contribution < 1.29 is 0 Å². The average Bonchev–Trinajstić information content (AvgIpc) is 2.58. The van der Waals surface area contributed by atoms with Gasteiger partial charge in [0.15, 0.2) is 0 Å². The summed E-state index contributed by atoms with van der Waals surface area (Å²) in [5.74, 6) is 1.14. The lowest BCUT2D eigenvalue weighted by Crippen LogP contribution is -2.06. The van der Waals surface area contributed by atoms with Gasteiger partial charge < -0.3 is 9.88 Å². The number of aryl methyl sites for hydroxylation is 1. The van der Waals surface area contributed by atoms with Gasteiger partial charge in [-0.1, -0.05) is 11.6 Å². The van der Waals surface area contributed by atoms with E-state index in [-0.39, 0.29) is 0 Å². The summed E-state index contributed by atoms with van der Waals surface area (Å²) in [6.07, 6.45) is 2.26. The van der Waals surface area contributed by atoms with Crippen molar-refractivity contribution in [2.75, 3.05) is 7.05 Å². The highest BCUT2D eigenvalue weighted by Gasteiger charge is 2.18. The fourth-order valence-corrected chi connectivity index (χ4v) is 1.92. The molecule has 1 aromatic heterocycles. The summed E-state index contributed by atoms with van der Waals surface area (Å²) in [4.78, 5) is 4.45. The summed E-state index contributed by atoms with van der Waals surface area (Å²) in [6, 6.07) is 0. The number of imidazole rings is 1. The van der Waals surface area contributed by atoms with Crippen LogP contribution < -0.4 is 5.32 Å². The summed E-state index contributed by atoms with van der Waals surface area (Å²) < 4.78 is 2.11. The molecule has 0 radical (unpaired) electrons. The molecule has 0 atom stereocenters. The van der Waals surface area contributed by atoms with Gasteiger partial charge in [0.25, 0.3) is 0 Å². The van der Waals surface area contributed by atoms with E-state index in [4.69, 9.17) is 11.6 Å². The van der Waals surface area contributed by atoms with Crippen LogP contribution in [0.5, 0.6) is 0 Å². The van der Waals surface area contributed by atoms with E-state index in [1.807, 2.05) is 7.05 Å². The third-order valence-electron chi connectivity index (χ3n) is 2.18. The minimum absolute atomic E-state index is 0.763. The van der Waals surface area contributed by atoms with Crippen LogP contribution in [0.1, 0.15) is 17.9 Å². The van der Waals surface area contributed by atoms with E-state index in [1.54, 1.807) is 0 Å². The van der Waals surface area contributed by atoms with Crippen LogP contribution in [-0.4, -0.2) is 16.6 Å². The molecule has 0 fully saturated rings. The largest absolute Gasteiger partial charge is 0.319 e. The number of rotatable bonds is 2. The van der Waals surface area contributed by atoms with Crippen molar-refractivity contribution in [2.45, 2.75) is 25.9 Å². The Bertz CT molecular complexity index is 293. The highest BCUT2D eigenvalue weighted by molar-refractivity contribution is 6.30. The Labute approximate surface area is 76.7 Å². The molecular formula is C8H12ClN3. The third-order valence-corrected chi connectivity index (χ3v) is 2.60. The molecule has 0 aliphatic carbocycles. The molecule has 4 heteroatoms. The lowest BCUT2D eigenvalue weighted by atomic mass is 10.3. The van der Waals surface area contributed by atoms with E-state index in [0.717, 1.165) is 36.2 Å². The highest BCUT2D eigenvalue weighted by atomic mass is 35.5. The lowest BCUT2D eigenvalue weighted by Gasteiger charge is -1.98. The Kier molecular flexibility index (Phi) is 2.07. The van der Waals surface area contributed by atoms with Crippen LogP contribution in [0.2, 0.25) is 5.15 Å².